The number of aromatic carboxylic acids is 1. The van der Waals surface area contributed by atoms with Gasteiger partial charge in [0.25, 0.3) is 0 Å². The largest absolute Gasteiger partial charge is 0.760 e. The second-order valence-electron chi connectivity index (χ2n) is 7.94. The zero-order valence-electron chi connectivity index (χ0n) is 17.3. The Morgan fingerprint density at radius 1 is 1.41 bits per heavy atom. The minimum absolute atomic E-state index is 0.0400. The van der Waals surface area contributed by atoms with Crippen LogP contribution < -0.4 is 10.1 Å². The van der Waals surface area contributed by atoms with Gasteiger partial charge < -0.3 is 24.8 Å². The number of rotatable bonds is 8. The van der Waals surface area contributed by atoms with Gasteiger partial charge >= 0.3 is 11.9 Å². The number of nitrogens with one attached hydrogen (secondary N) is 1. The van der Waals surface area contributed by atoms with Gasteiger partial charge in [-0.05, 0) is 44.4 Å². The van der Waals surface area contributed by atoms with E-state index in [1.54, 1.807) is 12.1 Å². The Labute approximate surface area is 196 Å². The molecule has 0 bridgehead atoms. The van der Waals surface area contributed by atoms with E-state index < -0.39 is 35.4 Å². The average Bonchev–Trinajstić information content (AvgIpc) is 3.02. The molecule has 2 aromatic rings. The molecule has 0 saturated carbocycles. The number of carboxylic acid groups (broad SMARTS) is 2. The van der Waals surface area contributed by atoms with Crippen molar-refractivity contribution in [2.24, 2.45) is 0 Å². The molecule has 1 fully saturated rings. The van der Waals surface area contributed by atoms with E-state index in [4.69, 9.17) is 21.4 Å². The van der Waals surface area contributed by atoms with Crippen LogP contribution in [0.15, 0.2) is 24.3 Å². The van der Waals surface area contributed by atoms with Gasteiger partial charge in [-0.3, -0.25) is 4.21 Å². The van der Waals surface area contributed by atoms with Crippen molar-refractivity contribution in [3.63, 3.8) is 0 Å². The van der Waals surface area contributed by atoms with E-state index in [0.717, 1.165) is 17.0 Å². The van der Waals surface area contributed by atoms with Crippen molar-refractivity contribution in [2.45, 2.75) is 38.3 Å². The van der Waals surface area contributed by atoms with Gasteiger partial charge in [0.2, 0.25) is 0 Å². The third kappa shape index (κ3) is 5.41. The van der Waals surface area contributed by atoms with E-state index in [1.807, 2.05) is 26.0 Å². The number of carbonyl (C=O) groups is 2. The molecule has 1 aromatic heterocycles. The molecule has 1 aliphatic rings. The molecule has 0 radical (unpaired) electrons. The molecule has 174 valence electrons. The summed E-state index contributed by atoms with van der Waals surface area (Å²) < 4.78 is 29.4. The Balaban J connectivity index is 1.84. The first-order chi connectivity index (χ1) is 15.0. The topological polar surface area (TPSA) is 139 Å². The second-order valence-corrected chi connectivity index (χ2v) is 10.2. The molecule has 1 aliphatic heterocycles. The smallest absolute Gasteiger partial charge is 0.349 e. The summed E-state index contributed by atoms with van der Waals surface area (Å²) in [7, 11) is 0. The van der Waals surface area contributed by atoms with Crippen LogP contribution in [0, 0.1) is 0 Å². The standard InChI is InChI=1S/C20H23ClN2O7S2/c1-20(2)9-13(6-7-23(20)32(28)29)22-12-5-3-4-11(8-12)17-15(21)16(30-10-14(24)25)18(31-17)19(26)27/h3-5,8,13,22H,6-7,9-10H2,1-2H3,(H,24,25)(H,26,27)(H,28,29)/p-1. The molecular weight excluding hydrogens is 480 g/mol. The molecule has 2 atom stereocenters. The van der Waals surface area contributed by atoms with E-state index in [0.29, 0.717) is 29.8 Å². The summed E-state index contributed by atoms with van der Waals surface area (Å²) in [5.41, 5.74) is 0.897. The van der Waals surface area contributed by atoms with Crippen LogP contribution in [0.3, 0.4) is 0 Å². The molecule has 2 heterocycles. The number of halogens is 1. The first-order valence-corrected chi connectivity index (χ1v) is 11.9. The summed E-state index contributed by atoms with van der Waals surface area (Å²) in [6, 6.07) is 7.27. The number of carboxylic acids is 2. The summed E-state index contributed by atoms with van der Waals surface area (Å²) in [6.45, 7) is 3.46. The molecule has 9 nitrogen and oxygen atoms in total. The maximum atomic E-state index is 11.6. The molecule has 0 aliphatic carbocycles. The van der Waals surface area contributed by atoms with Gasteiger partial charge in [-0.2, -0.15) is 0 Å². The summed E-state index contributed by atoms with van der Waals surface area (Å²) in [5, 5.41) is 21.8. The van der Waals surface area contributed by atoms with Crippen molar-refractivity contribution in [3.8, 4) is 16.2 Å². The number of hydrogen-bond acceptors (Lipinski definition) is 7. The summed E-state index contributed by atoms with van der Waals surface area (Å²) >= 11 is 4.99. The van der Waals surface area contributed by atoms with Gasteiger partial charge in [-0.1, -0.05) is 23.7 Å². The fraction of sp³-hybridized carbons (Fsp3) is 0.400. The van der Waals surface area contributed by atoms with E-state index >= 15 is 0 Å². The molecule has 1 aromatic carbocycles. The Morgan fingerprint density at radius 2 is 2.12 bits per heavy atom. The highest BCUT2D eigenvalue weighted by atomic mass is 35.5. The van der Waals surface area contributed by atoms with Gasteiger partial charge in [0, 0.05) is 35.1 Å². The lowest BCUT2D eigenvalue weighted by Crippen LogP contribution is -2.53. The number of piperidine rings is 1. The van der Waals surface area contributed by atoms with Crippen molar-refractivity contribution in [1.82, 2.24) is 4.31 Å². The van der Waals surface area contributed by atoms with Crippen molar-refractivity contribution >= 4 is 51.8 Å². The van der Waals surface area contributed by atoms with Crippen molar-refractivity contribution in [3.05, 3.63) is 34.2 Å². The van der Waals surface area contributed by atoms with E-state index in [2.05, 4.69) is 5.32 Å². The fourth-order valence-corrected chi connectivity index (χ4v) is 5.89. The minimum atomic E-state index is -2.28. The molecule has 1 saturated heterocycles. The van der Waals surface area contributed by atoms with Gasteiger partial charge in [0.1, 0.15) is 5.02 Å². The Morgan fingerprint density at radius 3 is 2.72 bits per heavy atom. The van der Waals surface area contributed by atoms with E-state index in [-0.39, 0.29) is 21.7 Å². The normalized spacial score (nSPS) is 19.3. The maximum Gasteiger partial charge on any atom is 0.349 e. The van der Waals surface area contributed by atoms with Crippen LogP contribution in [0.25, 0.3) is 10.4 Å². The third-order valence-corrected chi connectivity index (χ3v) is 7.84. The Hall–Kier alpha value is -2.18. The number of hydrogen-bond donors (Lipinski definition) is 3. The molecular formula is C20H22ClN2O7S2-. The van der Waals surface area contributed by atoms with E-state index in [9.17, 15) is 23.5 Å². The molecule has 3 rings (SSSR count). The summed E-state index contributed by atoms with van der Waals surface area (Å²) in [4.78, 5) is 22.7. The lowest BCUT2D eigenvalue weighted by Gasteiger charge is -2.46. The van der Waals surface area contributed by atoms with Crippen molar-refractivity contribution in [2.75, 3.05) is 18.5 Å². The summed E-state index contributed by atoms with van der Waals surface area (Å²) in [5.74, 6) is -2.67. The number of thiophene rings is 1. The zero-order chi connectivity index (χ0) is 23.6. The molecule has 12 heteroatoms. The highest BCUT2D eigenvalue weighted by Crippen LogP contribution is 2.46. The van der Waals surface area contributed by atoms with Crippen LogP contribution in [-0.4, -0.2) is 60.0 Å². The van der Waals surface area contributed by atoms with Gasteiger partial charge in [-0.25, -0.2) is 13.9 Å². The Bertz CT molecular complexity index is 1060. The van der Waals surface area contributed by atoms with Crippen molar-refractivity contribution < 1.29 is 33.3 Å². The Kier molecular flexibility index (Phi) is 7.46. The molecule has 0 spiro atoms. The number of anilines is 1. The van der Waals surface area contributed by atoms with Crippen LogP contribution in [0.4, 0.5) is 5.69 Å². The molecule has 32 heavy (non-hydrogen) atoms. The number of ether oxygens (including phenoxy) is 1. The van der Waals surface area contributed by atoms with Gasteiger partial charge in [-0.15, -0.1) is 11.3 Å². The predicted molar refractivity (Wildman–Crippen MR) is 121 cm³/mol. The van der Waals surface area contributed by atoms with Gasteiger partial charge in [0.15, 0.2) is 17.2 Å². The van der Waals surface area contributed by atoms with Crippen LogP contribution in [-0.2, 0) is 16.1 Å². The lowest BCUT2D eigenvalue weighted by atomic mass is 9.89. The number of aliphatic carboxylic acids is 1. The highest BCUT2D eigenvalue weighted by molar-refractivity contribution is 7.76. The molecule has 0 amide bonds. The van der Waals surface area contributed by atoms with Crippen LogP contribution in [0.2, 0.25) is 5.02 Å². The minimum Gasteiger partial charge on any atom is -0.760 e. The first kappa shape index (κ1) is 24.5. The van der Waals surface area contributed by atoms with Crippen LogP contribution in [0.1, 0.15) is 36.4 Å². The fourth-order valence-electron chi connectivity index (χ4n) is 3.75. The SMILES string of the molecule is CC1(C)CC(Nc2cccc(-c3sc(C(=O)O)c(OCC(=O)O)c3Cl)c2)CCN1S(=O)[O-]. The summed E-state index contributed by atoms with van der Waals surface area (Å²) in [6.07, 6.45) is 1.25. The van der Waals surface area contributed by atoms with Crippen molar-refractivity contribution in [1.29, 1.82) is 0 Å². The predicted octanol–water partition coefficient (Wildman–Crippen LogP) is 3.68. The van der Waals surface area contributed by atoms with E-state index in [1.165, 1.54) is 4.31 Å². The third-order valence-electron chi connectivity index (χ3n) is 5.12. The second kappa shape index (κ2) is 9.75. The molecule has 3 N–H and O–H groups in total. The van der Waals surface area contributed by atoms with Crippen LogP contribution in [0.5, 0.6) is 5.75 Å². The zero-order valence-corrected chi connectivity index (χ0v) is 19.7. The monoisotopic (exact) mass is 501 g/mol. The molecule has 2 unspecified atom stereocenters. The average molecular weight is 502 g/mol. The highest BCUT2D eigenvalue weighted by Gasteiger charge is 2.35. The quantitative estimate of drug-likeness (QED) is 0.465. The maximum absolute atomic E-state index is 11.6. The van der Waals surface area contributed by atoms with Gasteiger partial charge in [0.05, 0.1) is 4.88 Å². The van der Waals surface area contributed by atoms with Crippen LogP contribution >= 0.6 is 22.9 Å². The number of benzene rings is 1. The lowest BCUT2D eigenvalue weighted by molar-refractivity contribution is -0.139. The number of nitrogens with zero attached hydrogens (tertiary/aromatic N) is 1. The first-order valence-electron chi connectivity index (χ1n) is 9.63.